The molecular formula is C22H28ClNO5S. The number of aliphatic hydroxyl groups excluding tert-OH is 1. The van der Waals surface area contributed by atoms with Gasteiger partial charge in [-0.3, -0.25) is 0 Å². The molecule has 0 aliphatic carbocycles. The lowest BCUT2D eigenvalue weighted by Gasteiger charge is -2.24. The standard InChI is InChI=1S/C22H28ClNO5S/c1-14(28-13-15(12-25)24-21(27)29-22(2,3)4)19-10-9-18(11-20(19)23)30-17-7-5-16(26)6-8-17/h5-11,14-15,25-26H,12-13H2,1-4H3,(H,24,27). The largest absolute Gasteiger partial charge is 0.508 e. The molecule has 0 aliphatic heterocycles. The minimum absolute atomic E-state index is 0.108. The van der Waals surface area contributed by atoms with Crippen LogP contribution in [0, 0.1) is 0 Å². The summed E-state index contributed by atoms with van der Waals surface area (Å²) < 4.78 is 11.0. The maximum atomic E-state index is 11.9. The van der Waals surface area contributed by atoms with Crippen molar-refractivity contribution >= 4 is 29.5 Å². The van der Waals surface area contributed by atoms with Crippen molar-refractivity contribution in [3.8, 4) is 5.75 Å². The lowest BCUT2D eigenvalue weighted by atomic mass is 10.1. The fourth-order valence-electron chi connectivity index (χ4n) is 2.52. The van der Waals surface area contributed by atoms with Crippen LogP contribution in [0.3, 0.4) is 0 Å². The fraction of sp³-hybridized carbons (Fsp3) is 0.409. The van der Waals surface area contributed by atoms with E-state index in [4.69, 9.17) is 21.1 Å². The van der Waals surface area contributed by atoms with E-state index in [1.165, 1.54) is 11.8 Å². The van der Waals surface area contributed by atoms with Crippen LogP contribution in [0.1, 0.15) is 39.4 Å². The van der Waals surface area contributed by atoms with Crippen LogP contribution in [0.2, 0.25) is 5.02 Å². The summed E-state index contributed by atoms with van der Waals surface area (Å²) in [6.07, 6.45) is -0.939. The van der Waals surface area contributed by atoms with Crippen molar-refractivity contribution in [1.29, 1.82) is 0 Å². The van der Waals surface area contributed by atoms with Crippen molar-refractivity contribution in [1.82, 2.24) is 5.32 Å². The first kappa shape index (κ1) is 24.3. The van der Waals surface area contributed by atoms with E-state index in [0.717, 1.165) is 15.4 Å². The average Bonchev–Trinajstić information content (AvgIpc) is 2.65. The van der Waals surface area contributed by atoms with Gasteiger partial charge in [-0.1, -0.05) is 29.4 Å². The van der Waals surface area contributed by atoms with E-state index in [9.17, 15) is 15.0 Å². The Morgan fingerprint density at radius 3 is 2.37 bits per heavy atom. The van der Waals surface area contributed by atoms with Crippen LogP contribution < -0.4 is 5.32 Å². The molecule has 6 nitrogen and oxygen atoms in total. The van der Waals surface area contributed by atoms with Gasteiger partial charge >= 0.3 is 6.09 Å². The second-order valence-electron chi connectivity index (χ2n) is 7.78. The van der Waals surface area contributed by atoms with Gasteiger partial charge in [0, 0.05) is 14.8 Å². The maximum Gasteiger partial charge on any atom is 0.408 e. The van der Waals surface area contributed by atoms with Crippen LogP contribution in [0.5, 0.6) is 5.75 Å². The molecule has 0 heterocycles. The Balaban J connectivity index is 1.93. The molecule has 164 valence electrons. The lowest BCUT2D eigenvalue weighted by Crippen LogP contribution is -2.43. The quantitative estimate of drug-likeness (QED) is 0.511. The number of halogens is 1. The van der Waals surface area contributed by atoms with E-state index < -0.39 is 17.7 Å². The van der Waals surface area contributed by atoms with Gasteiger partial charge in [-0.25, -0.2) is 4.79 Å². The van der Waals surface area contributed by atoms with Crippen molar-refractivity contribution in [2.45, 2.75) is 55.2 Å². The second kappa shape index (κ2) is 10.9. The number of hydrogen-bond acceptors (Lipinski definition) is 6. The molecule has 0 aliphatic rings. The summed E-state index contributed by atoms with van der Waals surface area (Å²) in [4.78, 5) is 13.8. The topological polar surface area (TPSA) is 88.0 Å². The zero-order chi connectivity index (χ0) is 22.3. The minimum Gasteiger partial charge on any atom is -0.508 e. The van der Waals surface area contributed by atoms with Crippen molar-refractivity contribution in [2.75, 3.05) is 13.2 Å². The van der Waals surface area contributed by atoms with Crippen LogP contribution in [0.4, 0.5) is 4.79 Å². The monoisotopic (exact) mass is 453 g/mol. The number of hydrogen-bond donors (Lipinski definition) is 3. The molecule has 0 spiro atoms. The van der Waals surface area contributed by atoms with Gasteiger partial charge in [-0.15, -0.1) is 0 Å². The highest BCUT2D eigenvalue weighted by atomic mass is 35.5. The number of nitrogens with one attached hydrogen (secondary N) is 1. The Hall–Kier alpha value is -1.93. The minimum atomic E-state index is -0.619. The molecule has 2 atom stereocenters. The molecule has 0 saturated carbocycles. The molecule has 0 fully saturated rings. The number of phenols is 1. The number of phenolic OH excluding ortho intramolecular Hbond substituents is 1. The average molecular weight is 454 g/mol. The molecule has 0 radical (unpaired) electrons. The number of aromatic hydroxyl groups is 1. The van der Waals surface area contributed by atoms with Gasteiger partial charge in [-0.2, -0.15) is 0 Å². The number of carbonyl (C=O) groups is 1. The van der Waals surface area contributed by atoms with Crippen LogP contribution >= 0.6 is 23.4 Å². The molecule has 8 heteroatoms. The number of benzene rings is 2. The first-order valence-corrected chi connectivity index (χ1v) is 10.7. The Labute approximate surface area is 186 Å². The van der Waals surface area contributed by atoms with E-state index in [0.29, 0.717) is 5.02 Å². The third-order valence-electron chi connectivity index (χ3n) is 3.97. The number of rotatable bonds is 8. The Morgan fingerprint density at radius 1 is 1.17 bits per heavy atom. The van der Waals surface area contributed by atoms with Gasteiger partial charge in [0.15, 0.2) is 0 Å². The molecule has 0 saturated heterocycles. The van der Waals surface area contributed by atoms with Crippen LogP contribution in [-0.4, -0.2) is 41.2 Å². The highest BCUT2D eigenvalue weighted by Crippen LogP contribution is 2.34. The summed E-state index contributed by atoms with van der Waals surface area (Å²) in [6.45, 7) is 7.00. The summed E-state index contributed by atoms with van der Waals surface area (Å²) in [5.41, 5.74) is 0.187. The SMILES string of the molecule is CC(OCC(CO)NC(=O)OC(C)(C)C)c1ccc(Sc2ccc(O)cc2)cc1Cl. The highest BCUT2D eigenvalue weighted by Gasteiger charge is 2.20. The molecule has 1 amide bonds. The predicted molar refractivity (Wildman–Crippen MR) is 118 cm³/mol. The summed E-state index contributed by atoms with van der Waals surface area (Å²) in [6, 6.07) is 12.0. The summed E-state index contributed by atoms with van der Waals surface area (Å²) >= 11 is 7.98. The van der Waals surface area contributed by atoms with Gasteiger partial charge in [0.2, 0.25) is 0 Å². The third-order valence-corrected chi connectivity index (χ3v) is 5.30. The first-order chi connectivity index (χ1) is 14.1. The Kier molecular flexibility index (Phi) is 8.85. The van der Waals surface area contributed by atoms with Crippen LogP contribution in [0.25, 0.3) is 0 Å². The van der Waals surface area contributed by atoms with Crippen LogP contribution in [-0.2, 0) is 9.47 Å². The second-order valence-corrected chi connectivity index (χ2v) is 9.33. The van der Waals surface area contributed by atoms with Crippen molar-refractivity contribution in [3.05, 3.63) is 53.1 Å². The number of amides is 1. The van der Waals surface area contributed by atoms with Gasteiger partial charge in [0.1, 0.15) is 11.4 Å². The maximum absolute atomic E-state index is 11.9. The van der Waals surface area contributed by atoms with E-state index in [2.05, 4.69) is 5.32 Å². The molecule has 2 rings (SSSR count). The van der Waals surface area contributed by atoms with E-state index in [1.54, 1.807) is 32.9 Å². The smallest absolute Gasteiger partial charge is 0.408 e. The molecular weight excluding hydrogens is 426 g/mol. The van der Waals surface area contributed by atoms with Gasteiger partial charge in [0.25, 0.3) is 0 Å². The Bertz CT molecular complexity index is 838. The fourth-order valence-corrected chi connectivity index (χ4v) is 3.77. The number of alkyl carbamates (subject to hydrolysis) is 1. The molecule has 30 heavy (non-hydrogen) atoms. The van der Waals surface area contributed by atoms with Crippen LogP contribution in [0.15, 0.2) is 52.3 Å². The van der Waals surface area contributed by atoms with Gasteiger partial charge in [-0.05, 0) is 69.7 Å². The summed E-state index contributed by atoms with van der Waals surface area (Å²) in [7, 11) is 0. The Morgan fingerprint density at radius 2 is 1.80 bits per heavy atom. The summed E-state index contributed by atoms with van der Waals surface area (Å²) in [5, 5.41) is 22.0. The van der Waals surface area contributed by atoms with Crippen molar-refractivity contribution in [2.24, 2.45) is 0 Å². The highest BCUT2D eigenvalue weighted by molar-refractivity contribution is 7.99. The molecule has 0 aromatic heterocycles. The van der Waals surface area contributed by atoms with Gasteiger partial charge < -0.3 is 25.0 Å². The molecule has 3 N–H and O–H groups in total. The predicted octanol–water partition coefficient (Wildman–Crippen LogP) is 5.16. The molecule has 0 bridgehead atoms. The van der Waals surface area contributed by atoms with Crippen molar-refractivity contribution in [3.63, 3.8) is 0 Å². The number of aliphatic hydroxyl groups is 1. The lowest BCUT2D eigenvalue weighted by molar-refractivity contribution is 0.0215. The van der Waals surface area contributed by atoms with Gasteiger partial charge in [0.05, 0.1) is 25.4 Å². The summed E-state index contributed by atoms with van der Waals surface area (Å²) in [5.74, 6) is 0.223. The molecule has 2 aromatic carbocycles. The molecule has 2 aromatic rings. The number of carbonyl (C=O) groups excluding carboxylic acids is 1. The zero-order valence-corrected chi connectivity index (χ0v) is 19.1. The van der Waals surface area contributed by atoms with E-state index >= 15 is 0 Å². The third kappa shape index (κ3) is 8.07. The normalized spacial score (nSPS) is 13.5. The van der Waals surface area contributed by atoms with Crippen molar-refractivity contribution < 1.29 is 24.5 Å². The van der Waals surface area contributed by atoms with E-state index in [-0.39, 0.29) is 25.1 Å². The molecule has 2 unspecified atom stereocenters. The van der Waals surface area contributed by atoms with E-state index in [1.807, 2.05) is 37.3 Å². The first-order valence-electron chi connectivity index (χ1n) is 9.55. The number of ether oxygens (including phenoxy) is 2. The zero-order valence-electron chi connectivity index (χ0n) is 17.5.